The summed E-state index contributed by atoms with van der Waals surface area (Å²) < 4.78 is 0. The van der Waals surface area contributed by atoms with E-state index in [1.165, 1.54) is 0 Å². The summed E-state index contributed by atoms with van der Waals surface area (Å²) in [5.41, 5.74) is 0.660. The largest absolute Gasteiger partial charge is 0.871 e. The lowest BCUT2D eigenvalue weighted by Crippen LogP contribution is -2.40. The van der Waals surface area contributed by atoms with Crippen molar-refractivity contribution in [2.75, 3.05) is 5.32 Å². The van der Waals surface area contributed by atoms with E-state index in [4.69, 9.17) is 11.6 Å². The molecule has 3 atom stereocenters. The number of nitro groups is 1. The second-order valence-electron chi connectivity index (χ2n) is 6.02. The number of nitrogens with zero attached hydrogens (tertiary/aromatic N) is 1. The van der Waals surface area contributed by atoms with Crippen molar-refractivity contribution >= 4 is 23.0 Å². The summed E-state index contributed by atoms with van der Waals surface area (Å²) in [5, 5.41) is 26.8. The van der Waals surface area contributed by atoms with Crippen LogP contribution < -0.4 is 10.4 Å². The zero-order valence-electron chi connectivity index (χ0n) is 11.8. The Balaban J connectivity index is 2.24. The number of hydrogen-bond donors (Lipinski definition) is 1. The zero-order chi connectivity index (χ0) is 15.3. The van der Waals surface area contributed by atoms with Crippen LogP contribution in [0.3, 0.4) is 0 Å². The fourth-order valence-corrected chi connectivity index (χ4v) is 3.85. The number of rotatable bonds is 2. The second-order valence-corrected chi connectivity index (χ2v) is 6.43. The van der Waals surface area contributed by atoms with Gasteiger partial charge in [-0.1, -0.05) is 43.3 Å². The molecule has 0 saturated carbocycles. The van der Waals surface area contributed by atoms with Crippen molar-refractivity contribution in [3.8, 4) is 5.75 Å². The Morgan fingerprint density at radius 3 is 2.81 bits per heavy atom. The maximum absolute atomic E-state index is 12.2. The van der Waals surface area contributed by atoms with E-state index in [0.29, 0.717) is 17.2 Å². The molecule has 1 aromatic rings. The SMILES string of the molecule is CC(C)[C@@H]1Nc2c([O-])cc(Cl)c([N+](=O)[O-])c2[C@H]2C=CC[C@@H]21. The van der Waals surface area contributed by atoms with Crippen LogP contribution in [-0.2, 0) is 0 Å². The van der Waals surface area contributed by atoms with Crippen LogP contribution in [0.4, 0.5) is 11.4 Å². The average Bonchev–Trinajstić information content (AvgIpc) is 2.86. The van der Waals surface area contributed by atoms with Gasteiger partial charge in [0.05, 0.1) is 10.5 Å². The number of anilines is 1. The van der Waals surface area contributed by atoms with Crippen LogP contribution in [0.1, 0.15) is 31.7 Å². The van der Waals surface area contributed by atoms with E-state index in [2.05, 4.69) is 19.2 Å². The first-order valence-corrected chi connectivity index (χ1v) is 7.40. The van der Waals surface area contributed by atoms with Gasteiger partial charge in [0.15, 0.2) is 0 Å². The summed E-state index contributed by atoms with van der Waals surface area (Å²) in [6.45, 7) is 4.18. The number of nitro benzene ring substituents is 1. The Bertz CT molecular complexity index is 642. The average molecular weight is 308 g/mol. The van der Waals surface area contributed by atoms with E-state index in [-0.39, 0.29) is 34.3 Å². The van der Waals surface area contributed by atoms with Crippen molar-refractivity contribution in [2.45, 2.75) is 32.2 Å². The first kappa shape index (κ1) is 14.2. The van der Waals surface area contributed by atoms with E-state index in [1.54, 1.807) is 0 Å². The number of fused-ring (bicyclic) bond motifs is 3. The molecule has 1 aromatic carbocycles. The third-order valence-electron chi connectivity index (χ3n) is 4.47. The normalized spacial score (nSPS) is 26.4. The summed E-state index contributed by atoms with van der Waals surface area (Å²) in [6.07, 6.45) is 4.87. The number of halogens is 1. The summed E-state index contributed by atoms with van der Waals surface area (Å²) >= 11 is 5.96. The Kier molecular flexibility index (Phi) is 3.32. The minimum Gasteiger partial charge on any atom is -0.871 e. The fourth-order valence-electron chi connectivity index (χ4n) is 3.58. The van der Waals surface area contributed by atoms with Gasteiger partial charge < -0.3 is 10.4 Å². The molecule has 1 aliphatic carbocycles. The molecule has 1 heterocycles. The molecule has 1 N–H and O–H groups in total. The van der Waals surface area contributed by atoms with Crippen molar-refractivity contribution < 1.29 is 10.0 Å². The predicted molar refractivity (Wildman–Crippen MR) is 79.8 cm³/mol. The molecule has 2 aliphatic rings. The summed E-state index contributed by atoms with van der Waals surface area (Å²) in [6, 6.07) is 1.27. The highest BCUT2D eigenvalue weighted by molar-refractivity contribution is 6.33. The van der Waals surface area contributed by atoms with Crippen LogP contribution in [0, 0.1) is 22.0 Å². The van der Waals surface area contributed by atoms with Gasteiger partial charge in [0, 0.05) is 17.6 Å². The van der Waals surface area contributed by atoms with E-state index < -0.39 is 4.92 Å². The molecule has 0 amide bonds. The molecule has 3 rings (SSSR count). The molecule has 5 nitrogen and oxygen atoms in total. The van der Waals surface area contributed by atoms with Crippen molar-refractivity contribution in [1.82, 2.24) is 0 Å². The maximum Gasteiger partial charge on any atom is 0.293 e. The van der Waals surface area contributed by atoms with Crippen LogP contribution in [0.2, 0.25) is 5.02 Å². The molecule has 0 radical (unpaired) electrons. The molecule has 0 bridgehead atoms. The molecule has 0 unspecified atom stereocenters. The van der Waals surface area contributed by atoms with Crippen molar-refractivity contribution in [1.29, 1.82) is 0 Å². The Labute approximate surface area is 127 Å². The summed E-state index contributed by atoms with van der Waals surface area (Å²) in [5.74, 6) is 0.180. The van der Waals surface area contributed by atoms with E-state index in [1.807, 2.05) is 12.2 Å². The molecule has 112 valence electrons. The molecule has 0 saturated heterocycles. The van der Waals surface area contributed by atoms with Crippen LogP contribution in [0.25, 0.3) is 0 Å². The number of benzene rings is 1. The van der Waals surface area contributed by atoms with Crippen LogP contribution in [0.15, 0.2) is 18.2 Å². The summed E-state index contributed by atoms with van der Waals surface area (Å²) in [4.78, 5) is 10.9. The van der Waals surface area contributed by atoms with Gasteiger partial charge in [-0.25, -0.2) is 0 Å². The second kappa shape index (κ2) is 4.91. The minimum absolute atomic E-state index is 0.0763. The van der Waals surface area contributed by atoms with E-state index in [9.17, 15) is 15.2 Å². The zero-order valence-corrected chi connectivity index (χ0v) is 12.6. The van der Waals surface area contributed by atoms with Gasteiger partial charge in [0.25, 0.3) is 5.69 Å². The van der Waals surface area contributed by atoms with Gasteiger partial charge in [-0.3, -0.25) is 10.1 Å². The minimum atomic E-state index is -0.485. The highest BCUT2D eigenvalue weighted by Gasteiger charge is 2.42. The Hall–Kier alpha value is -1.75. The molecule has 1 aliphatic heterocycles. The van der Waals surface area contributed by atoms with Gasteiger partial charge in [0.2, 0.25) is 0 Å². The molecular weight excluding hydrogens is 292 g/mol. The van der Waals surface area contributed by atoms with Gasteiger partial charge >= 0.3 is 0 Å². The molecule has 0 fully saturated rings. The van der Waals surface area contributed by atoms with Crippen molar-refractivity contribution in [2.24, 2.45) is 11.8 Å². The van der Waals surface area contributed by atoms with Crippen molar-refractivity contribution in [3.05, 3.63) is 38.9 Å². The van der Waals surface area contributed by atoms with Gasteiger partial charge in [-0.2, -0.15) is 0 Å². The monoisotopic (exact) mass is 307 g/mol. The third kappa shape index (κ3) is 2.07. The first-order valence-electron chi connectivity index (χ1n) is 7.02. The lowest BCUT2D eigenvalue weighted by atomic mass is 9.75. The molecule has 0 aromatic heterocycles. The van der Waals surface area contributed by atoms with Gasteiger partial charge in [0.1, 0.15) is 5.02 Å². The molecule has 0 spiro atoms. The van der Waals surface area contributed by atoms with E-state index >= 15 is 0 Å². The Morgan fingerprint density at radius 1 is 1.48 bits per heavy atom. The maximum atomic E-state index is 12.2. The third-order valence-corrected chi connectivity index (χ3v) is 4.76. The van der Waals surface area contributed by atoms with Gasteiger partial charge in [-0.05, 0) is 24.3 Å². The number of allylic oxidation sites excluding steroid dienone is 2. The molecule has 21 heavy (non-hydrogen) atoms. The van der Waals surface area contributed by atoms with Crippen LogP contribution in [-0.4, -0.2) is 11.0 Å². The molecule has 6 heteroatoms. The van der Waals surface area contributed by atoms with Crippen LogP contribution in [0.5, 0.6) is 5.75 Å². The highest BCUT2D eigenvalue weighted by Crippen LogP contribution is 2.53. The number of hydrogen-bond acceptors (Lipinski definition) is 4. The van der Waals surface area contributed by atoms with Crippen molar-refractivity contribution in [3.63, 3.8) is 0 Å². The molecular formula is C15H16ClN2O3-. The van der Waals surface area contributed by atoms with Gasteiger partial charge in [-0.15, -0.1) is 0 Å². The lowest BCUT2D eigenvalue weighted by Gasteiger charge is -2.41. The first-order chi connectivity index (χ1) is 9.91. The van der Waals surface area contributed by atoms with E-state index in [0.717, 1.165) is 12.5 Å². The highest BCUT2D eigenvalue weighted by atomic mass is 35.5. The summed E-state index contributed by atoms with van der Waals surface area (Å²) in [7, 11) is 0. The predicted octanol–water partition coefficient (Wildman–Crippen LogP) is 3.43. The Morgan fingerprint density at radius 2 is 2.19 bits per heavy atom. The fraction of sp³-hybridized carbons (Fsp3) is 0.467. The smallest absolute Gasteiger partial charge is 0.293 e. The topological polar surface area (TPSA) is 78.2 Å². The standard InChI is InChI=1S/C15H17ClN2O3/c1-7(2)13-9-5-3-4-8(9)12-14(17-13)11(19)6-10(16)15(12)18(20)21/h3-4,6-9,13,17,19H,5H2,1-2H3/p-1/t8-,9-,13-/m0/s1. The lowest BCUT2D eigenvalue weighted by molar-refractivity contribution is -0.385. The number of nitrogens with one attached hydrogen (secondary N) is 1. The quantitative estimate of drug-likeness (QED) is 0.516. The van der Waals surface area contributed by atoms with Crippen LogP contribution >= 0.6 is 11.6 Å².